The minimum Gasteiger partial charge on any atom is -0.0622 e. The van der Waals surface area contributed by atoms with E-state index in [0.717, 1.165) is 6.42 Å². The summed E-state index contributed by atoms with van der Waals surface area (Å²) < 4.78 is 0. The molecule has 0 radical (unpaired) electrons. The van der Waals surface area contributed by atoms with Crippen molar-refractivity contribution in [1.82, 2.24) is 0 Å². The van der Waals surface area contributed by atoms with E-state index in [-0.39, 0.29) is 10.8 Å². The summed E-state index contributed by atoms with van der Waals surface area (Å²) in [5.41, 5.74) is 6.80. The second-order valence-electron chi connectivity index (χ2n) is 8.06. The number of hydrogen-bond donors (Lipinski definition) is 0. The summed E-state index contributed by atoms with van der Waals surface area (Å²) >= 11 is 0. The summed E-state index contributed by atoms with van der Waals surface area (Å²) in [6.45, 7) is 2.41. The zero-order valence-electron chi connectivity index (χ0n) is 16.2. The van der Waals surface area contributed by atoms with Crippen LogP contribution in [0.3, 0.4) is 0 Å². The van der Waals surface area contributed by atoms with Crippen LogP contribution in [0.1, 0.15) is 41.2 Å². The molecule has 1 aliphatic carbocycles. The first-order valence-corrected chi connectivity index (χ1v) is 10.0. The molecule has 0 saturated carbocycles. The lowest BCUT2D eigenvalue weighted by molar-refractivity contribution is 0.473. The molecule has 0 amide bonds. The average Bonchev–Trinajstić information content (AvgIpc) is 3.07. The van der Waals surface area contributed by atoms with Gasteiger partial charge in [0, 0.05) is 10.8 Å². The van der Waals surface area contributed by atoms with Crippen LogP contribution < -0.4 is 0 Å². The molecule has 4 aromatic rings. The van der Waals surface area contributed by atoms with Crippen molar-refractivity contribution in [3.8, 4) is 0 Å². The van der Waals surface area contributed by atoms with E-state index in [4.69, 9.17) is 0 Å². The van der Waals surface area contributed by atoms with Crippen molar-refractivity contribution in [3.05, 3.63) is 143 Å². The van der Waals surface area contributed by atoms with Crippen LogP contribution in [0, 0.1) is 0 Å². The molecule has 28 heavy (non-hydrogen) atoms. The quantitative estimate of drug-likeness (QED) is 0.380. The van der Waals surface area contributed by atoms with Crippen molar-refractivity contribution in [1.29, 1.82) is 0 Å². The van der Waals surface area contributed by atoms with Crippen LogP contribution in [-0.2, 0) is 10.8 Å². The first kappa shape index (κ1) is 17.0. The van der Waals surface area contributed by atoms with Gasteiger partial charge in [0.15, 0.2) is 0 Å². The number of benzene rings is 4. The molecule has 0 N–H and O–H groups in total. The predicted octanol–water partition coefficient (Wildman–Crippen LogP) is 6.73. The Balaban J connectivity index is 1.85. The molecule has 1 aliphatic rings. The Kier molecular flexibility index (Phi) is 3.94. The average molecular weight is 361 g/mol. The fourth-order valence-corrected chi connectivity index (χ4v) is 5.25. The van der Waals surface area contributed by atoms with Gasteiger partial charge in [0.2, 0.25) is 0 Å². The number of fused-ring (bicyclic) bond motifs is 1. The lowest BCUT2D eigenvalue weighted by Crippen LogP contribution is -2.30. The van der Waals surface area contributed by atoms with Crippen LogP contribution >= 0.6 is 0 Å². The second kappa shape index (κ2) is 6.49. The van der Waals surface area contributed by atoms with E-state index in [2.05, 4.69) is 122 Å². The molecule has 0 heterocycles. The maximum atomic E-state index is 2.41. The Hall–Kier alpha value is -3.12. The first-order chi connectivity index (χ1) is 13.7. The molecular formula is C28H24. The molecule has 0 aliphatic heterocycles. The summed E-state index contributed by atoms with van der Waals surface area (Å²) in [7, 11) is 0. The first-order valence-electron chi connectivity index (χ1n) is 10.0. The molecule has 5 rings (SSSR count). The summed E-state index contributed by atoms with van der Waals surface area (Å²) in [5.74, 6) is 0. The summed E-state index contributed by atoms with van der Waals surface area (Å²) in [4.78, 5) is 0. The second-order valence-corrected chi connectivity index (χ2v) is 8.06. The Labute approximate surface area is 167 Å². The number of hydrogen-bond acceptors (Lipinski definition) is 0. The zero-order valence-corrected chi connectivity index (χ0v) is 16.2. The molecular weight excluding hydrogens is 336 g/mol. The standard InChI is InChI=1S/C28H24/c1-27(22-13-5-2-6-14-22)21-28(23-15-7-3-8-16-23,24-17-9-4-10-18-24)26-20-12-11-19-25(26)27/h2-20H,21H2,1H3/t27-/m1/s1. The minimum absolute atomic E-state index is 0.0382. The maximum absolute atomic E-state index is 2.41. The van der Waals surface area contributed by atoms with Crippen LogP contribution in [0.25, 0.3) is 0 Å². The van der Waals surface area contributed by atoms with Crippen LogP contribution in [0.15, 0.2) is 115 Å². The van der Waals surface area contributed by atoms with E-state index in [1.807, 2.05) is 0 Å². The van der Waals surface area contributed by atoms with Gasteiger partial charge in [-0.25, -0.2) is 0 Å². The van der Waals surface area contributed by atoms with Gasteiger partial charge >= 0.3 is 0 Å². The Morgan fingerprint density at radius 2 is 0.857 bits per heavy atom. The maximum Gasteiger partial charge on any atom is 0.0466 e. The molecule has 0 saturated heterocycles. The highest BCUT2D eigenvalue weighted by molar-refractivity contribution is 5.62. The van der Waals surface area contributed by atoms with E-state index in [0.29, 0.717) is 0 Å². The van der Waals surface area contributed by atoms with E-state index < -0.39 is 0 Å². The smallest absolute Gasteiger partial charge is 0.0466 e. The molecule has 0 aromatic heterocycles. The van der Waals surface area contributed by atoms with Gasteiger partial charge in [-0.15, -0.1) is 0 Å². The van der Waals surface area contributed by atoms with Crippen molar-refractivity contribution < 1.29 is 0 Å². The topological polar surface area (TPSA) is 0 Å². The largest absolute Gasteiger partial charge is 0.0622 e. The molecule has 0 spiro atoms. The van der Waals surface area contributed by atoms with Gasteiger partial charge in [0.25, 0.3) is 0 Å². The van der Waals surface area contributed by atoms with Crippen molar-refractivity contribution in [2.24, 2.45) is 0 Å². The normalized spacial score (nSPS) is 19.9. The summed E-state index contributed by atoms with van der Waals surface area (Å²) in [5, 5.41) is 0. The van der Waals surface area contributed by atoms with Gasteiger partial charge in [-0.3, -0.25) is 0 Å². The highest BCUT2D eigenvalue weighted by Crippen LogP contribution is 2.58. The fraction of sp³-hybridized carbons (Fsp3) is 0.143. The molecule has 1 atom stereocenters. The Bertz CT molecular complexity index is 1040. The molecule has 136 valence electrons. The van der Waals surface area contributed by atoms with E-state index >= 15 is 0 Å². The van der Waals surface area contributed by atoms with E-state index in [1.165, 1.54) is 27.8 Å². The van der Waals surface area contributed by atoms with Gasteiger partial charge in [-0.05, 0) is 34.2 Å². The summed E-state index contributed by atoms with van der Waals surface area (Å²) in [6.07, 6.45) is 1.03. The zero-order chi connectivity index (χ0) is 19.0. The minimum atomic E-state index is -0.149. The van der Waals surface area contributed by atoms with Gasteiger partial charge in [-0.1, -0.05) is 122 Å². The predicted molar refractivity (Wildman–Crippen MR) is 117 cm³/mol. The highest BCUT2D eigenvalue weighted by atomic mass is 14.5. The van der Waals surface area contributed by atoms with Crippen LogP contribution in [0.5, 0.6) is 0 Å². The van der Waals surface area contributed by atoms with E-state index in [9.17, 15) is 0 Å². The molecule has 0 unspecified atom stereocenters. The third kappa shape index (κ3) is 2.38. The van der Waals surface area contributed by atoms with Crippen molar-refractivity contribution in [3.63, 3.8) is 0 Å². The lowest BCUT2D eigenvalue weighted by Gasteiger charge is -2.35. The molecule has 0 heteroatoms. The van der Waals surface area contributed by atoms with Crippen LogP contribution in [-0.4, -0.2) is 0 Å². The van der Waals surface area contributed by atoms with Crippen molar-refractivity contribution in [2.75, 3.05) is 0 Å². The lowest BCUT2D eigenvalue weighted by atomic mass is 9.67. The number of rotatable bonds is 3. The molecule has 0 bridgehead atoms. The third-order valence-electron chi connectivity index (χ3n) is 6.54. The summed E-state index contributed by atoms with van der Waals surface area (Å²) in [6, 6.07) is 42.1. The van der Waals surface area contributed by atoms with Gasteiger partial charge < -0.3 is 0 Å². The molecule has 4 aromatic carbocycles. The monoisotopic (exact) mass is 360 g/mol. The SMILES string of the molecule is C[C@]1(c2ccccc2)CC(c2ccccc2)(c2ccccc2)c2ccccc21. The van der Waals surface area contributed by atoms with Gasteiger partial charge in [0.1, 0.15) is 0 Å². The fourth-order valence-electron chi connectivity index (χ4n) is 5.25. The third-order valence-corrected chi connectivity index (χ3v) is 6.54. The van der Waals surface area contributed by atoms with Gasteiger partial charge in [0.05, 0.1) is 0 Å². The molecule has 0 fully saturated rings. The van der Waals surface area contributed by atoms with Gasteiger partial charge in [-0.2, -0.15) is 0 Å². The van der Waals surface area contributed by atoms with Crippen LogP contribution in [0.4, 0.5) is 0 Å². The Morgan fingerprint density at radius 3 is 1.36 bits per heavy atom. The highest BCUT2D eigenvalue weighted by Gasteiger charge is 2.52. The van der Waals surface area contributed by atoms with Crippen molar-refractivity contribution >= 4 is 0 Å². The Morgan fingerprint density at radius 1 is 0.464 bits per heavy atom. The van der Waals surface area contributed by atoms with Crippen molar-refractivity contribution in [2.45, 2.75) is 24.2 Å². The van der Waals surface area contributed by atoms with Crippen LogP contribution in [0.2, 0.25) is 0 Å². The van der Waals surface area contributed by atoms with E-state index in [1.54, 1.807) is 0 Å². The molecule has 0 nitrogen and oxygen atoms in total.